The van der Waals surface area contributed by atoms with Crippen LogP contribution in [0, 0.1) is 12.7 Å². The van der Waals surface area contributed by atoms with E-state index >= 15 is 0 Å². The number of aromatic nitrogens is 2. The van der Waals surface area contributed by atoms with Gasteiger partial charge in [0.15, 0.2) is 0 Å². The van der Waals surface area contributed by atoms with Crippen LogP contribution < -0.4 is 5.32 Å². The van der Waals surface area contributed by atoms with Crippen LogP contribution in [-0.2, 0) is 6.42 Å². The van der Waals surface area contributed by atoms with Crippen LogP contribution >= 0.6 is 11.3 Å². The number of nitrogens with one attached hydrogen (secondary N) is 1. The van der Waals surface area contributed by atoms with E-state index in [0.29, 0.717) is 18.5 Å². The van der Waals surface area contributed by atoms with Crippen molar-refractivity contribution in [2.24, 2.45) is 0 Å². The second-order valence-corrected chi connectivity index (χ2v) is 6.34. The topological polar surface area (TPSA) is 54.9 Å². The van der Waals surface area contributed by atoms with Crippen molar-refractivity contribution in [1.29, 1.82) is 0 Å². The third kappa shape index (κ3) is 3.83. The first-order valence-corrected chi connectivity index (χ1v) is 8.36. The quantitative estimate of drug-likeness (QED) is 0.771. The summed E-state index contributed by atoms with van der Waals surface area (Å²) in [7, 11) is 0. The van der Waals surface area contributed by atoms with Crippen LogP contribution in [0.5, 0.6) is 0 Å². The lowest BCUT2D eigenvalue weighted by Crippen LogP contribution is -2.25. The van der Waals surface area contributed by atoms with E-state index < -0.39 is 0 Å². The summed E-state index contributed by atoms with van der Waals surface area (Å²) in [6, 6.07) is 11.2. The fourth-order valence-electron chi connectivity index (χ4n) is 2.25. The molecule has 1 amide bonds. The van der Waals surface area contributed by atoms with Gasteiger partial charge in [0.05, 0.1) is 11.4 Å². The molecule has 24 heavy (non-hydrogen) atoms. The Morgan fingerprint density at radius 2 is 2.00 bits per heavy atom. The Morgan fingerprint density at radius 1 is 1.21 bits per heavy atom. The minimum Gasteiger partial charge on any atom is -0.352 e. The van der Waals surface area contributed by atoms with Crippen LogP contribution in [-0.4, -0.2) is 22.4 Å². The molecular formula is C18H16FN3OS. The Balaban J connectivity index is 1.60. The van der Waals surface area contributed by atoms with E-state index in [1.165, 1.54) is 24.3 Å². The van der Waals surface area contributed by atoms with E-state index in [2.05, 4.69) is 15.3 Å². The largest absolute Gasteiger partial charge is 0.352 e. The molecular weight excluding hydrogens is 325 g/mol. The van der Waals surface area contributed by atoms with Crippen molar-refractivity contribution >= 4 is 17.2 Å². The molecule has 0 atom stereocenters. The maximum absolute atomic E-state index is 12.9. The molecule has 2 aromatic heterocycles. The highest BCUT2D eigenvalue weighted by Crippen LogP contribution is 2.26. The maximum atomic E-state index is 12.9. The first-order valence-electron chi connectivity index (χ1n) is 7.55. The van der Waals surface area contributed by atoms with E-state index in [4.69, 9.17) is 0 Å². The minimum absolute atomic E-state index is 0.206. The number of nitrogens with zero attached hydrogens (tertiary/aromatic N) is 2. The number of halogens is 1. The van der Waals surface area contributed by atoms with Crippen molar-refractivity contribution in [1.82, 2.24) is 15.3 Å². The minimum atomic E-state index is -0.353. The average Bonchev–Trinajstić information content (AvgIpc) is 2.97. The predicted octanol–water partition coefficient (Wildman–Crippen LogP) is 3.63. The van der Waals surface area contributed by atoms with E-state index in [-0.39, 0.29) is 11.7 Å². The van der Waals surface area contributed by atoms with Crippen LogP contribution in [0.4, 0.5) is 4.39 Å². The van der Waals surface area contributed by atoms with Crippen molar-refractivity contribution in [2.75, 3.05) is 6.54 Å². The van der Waals surface area contributed by atoms with Gasteiger partial charge in [0.1, 0.15) is 10.8 Å². The van der Waals surface area contributed by atoms with Crippen molar-refractivity contribution in [3.05, 3.63) is 70.6 Å². The number of carbonyl (C=O) groups is 1. The molecule has 0 spiro atoms. The summed E-state index contributed by atoms with van der Waals surface area (Å²) < 4.78 is 12.9. The number of carbonyl (C=O) groups excluding carboxylic acids is 1. The first-order chi connectivity index (χ1) is 11.6. The van der Waals surface area contributed by atoms with Crippen molar-refractivity contribution in [2.45, 2.75) is 13.3 Å². The summed E-state index contributed by atoms with van der Waals surface area (Å²) in [4.78, 5) is 22.0. The number of hydrogen-bond acceptors (Lipinski definition) is 4. The number of thiazole rings is 1. The van der Waals surface area contributed by atoms with Crippen LogP contribution in [0.2, 0.25) is 0 Å². The van der Waals surface area contributed by atoms with E-state index in [1.54, 1.807) is 17.5 Å². The summed E-state index contributed by atoms with van der Waals surface area (Å²) in [6.45, 7) is 2.46. The van der Waals surface area contributed by atoms with Crippen molar-refractivity contribution in [3.8, 4) is 10.7 Å². The molecule has 6 heteroatoms. The van der Waals surface area contributed by atoms with Gasteiger partial charge in [-0.25, -0.2) is 9.37 Å². The lowest BCUT2D eigenvalue weighted by molar-refractivity contribution is 0.0954. The van der Waals surface area contributed by atoms with Gasteiger partial charge >= 0.3 is 0 Å². The Kier molecular flexibility index (Phi) is 4.96. The normalized spacial score (nSPS) is 10.6. The molecule has 0 aliphatic heterocycles. The summed E-state index contributed by atoms with van der Waals surface area (Å²) >= 11 is 1.59. The molecule has 0 aliphatic carbocycles. The fourth-order valence-corrected chi connectivity index (χ4v) is 3.29. The summed E-state index contributed by atoms with van der Waals surface area (Å²) in [5.74, 6) is -0.559. The van der Waals surface area contributed by atoms with Gasteiger partial charge < -0.3 is 5.32 Å². The molecule has 0 saturated heterocycles. The summed E-state index contributed by atoms with van der Waals surface area (Å²) in [5, 5.41) is 3.73. The van der Waals surface area contributed by atoms with Gasteiger partial charge in [-0.15, -0.1) is 11.3 Å². The molecule has 4 nitrogen and oxygen atoms in total. The number of rotatable bonds is 5. The number of hydrogen-bond donors (Lipinski definition) is 1. The highest BCUT2D eigenvalue weighted by Gasteiger charge is 2.11. The monoisotopic (exact) mass is 341 g/mol. The lowest BCUT2D eigenvalue weighted by atomic mass is 10.2. The van der Waals surface area contributed by atoms with E-state index in [0.717, 1.165) is 21.3 Å². The molecule has 0 radical (unpaired) electrons. The second-order valence-electron chi connectivity index (χ2n) is 5.26. The van der Waals surface area contributed by atoms with Crippen LogP contribution in [0.15, 0.2) is 48.7 Å². The number of benzene rings is 1. The summed E-state index contributed by atoms with van der Waals surface area (Å²) in [6.07, 6.45) is 2.44. The molecule has 0 aliphatic rings. The second kappa shape index (κ2) is 7.31. The lowest BCUT2D eigenvalue weighted by Gasteiger charge is -2.04. The zero-order valence-corrected chi connectivity index (χ0v) is 13.9. The maximum Gasteiger partial charge on any atom is 0.251 e. The molecule has 0 fully saturated rings. The molecule has 2 heterocycles. The predicted molar refractivity (Wildman–Crippen MR) is 92.5 cm³/mol. The van der Waals surface area contributed by atoms with Gasteiger partial charge in [0, 0.05) is 29.6 Å². The highest BCUT2D eigenvalue weighted by molar-refractivity contribution is 7.15. The zero-order chi connectivity index (χ0) is 16.9. The van der Waals surface area contributed by atoms with Crippen LogP contribution in [0.3, 0.4) is 0 Å². The highest BCUT2D eigenvalue weighted by atomic mass is 32.1. The first kappa shape index (κ1) is 16.3. The van der Waals surface area contributed by atoms with Crippen molar-refractivity contribution < 1.29 is 9.18 Å². The molecule has 3 aromatic rings. The number of pyridine rings is 1. The fraction of sp³-hybridized carbons (Fsp3) is 0.167. The van der Waals surface area contributed by atoms with Gasteiger partial charge in [-0.1, -0.05) is 6.07 Å². The SMILES string of the molecule is Cc1nc(-c2ccccn2)sc1CCNC(=O)c1ccc(F)cc1. The molecule has 0 unspecified atom stereocenters. The van der Waals surface area contributed by atoms with Gasteiger partial charge in [-0.2, -0.15) is 0 Å². The molecule has 0 bridgehead atoms. The van der Waals surface area contributed by atoms with E-state index in [1.807, 2.05) is 25.1 Å². The molecule has 1 N–H and O–H groups in total. The zero-order valence-electron chi connectivity index (χ0n) is 13.1. The summed E-state index contributed by atoms with van der Waals surface area (Å²) in [5.41, 5.74) is 2.26. The van der Waals surface area contributed by atoms with Gasteiger partial charge in [0.2, 0.25) is 0 Å². The van der Waals surface area contributed by atoms with E-state index in [9.17, 15) is 9.18 Å². The smallest absolute Gasteiger partial charge is 0.251 e. The Morgan fingerprint density at radius 3 is 2.71 bits per heavy atom. The molecule has 1 aromatic carbocycles. The molecule has 0 saturated carbocycles. The van der Waals surface area contributed by atoms with Gasteiger partial charge in [-0.05, 0) is 43.3 Å². The Hall–Kier alpha value is -2.60. The van der Waals surface area contributed by atoms with Crippen LogP contribution in [0.25, 0.3) is 10.7 Å². The Bertz CT molecular complexity index is 831. The Labute approximate surface area is 143 Å². The number of amides is 1. The molecule has 122 valence electrons. The van der Waals surface area contributed by atoms with Crippen LogP contribution in [0.1, 0.15) is 20.9 Å². The van der Waals surface area contributed by atoms with Gasteiger partial charge in [-0.3, -0.25) is 9.78 Å². The number of aryl methyl sites for hydroxylation is 1. The standard InChI is InChI=1S/C18H16FN3OS/c1-12-16(24-18(22-12)15-4-2-3-10-20-15)9-11-21-17(23)13-5-7-14(19)8-6-13/h2-8,10H,9,11H2,1H3,(H,21,23). The molecule has 3 rings (SSSR count). The van der Waals surface area contributed by atoms with Crippen molar-refractivity contribution in [3.63, 3.8) is 0 Å². The van der Waals surface area contributed by atoms with Gasteiger partial charge in [0.25, 0.3) is 5.91 Å². The average molecular weight is 341 g/mol. The third-order valence-corrected chi connectivity index (χ3v) is 4.76. The third-order valence-electron chi connectivity index (χ3n) is 3.52.